The third-order valence-corrected chi connectivity index (χ3v) is 3.32. The van der Waals surface area contributed by atoms with Crippen molar-refractivity contribution in [2.24, 2.45) is 11.1 Å². The highest BCUT2D eigenvalue weighted by atomic mass is 16.6. The highest BCUT2D eigenvalue weighted by molar-refractivity contribution is 5.68. The molecule has 106 valence electrons. The second-order valence-corrected chi connectivity index (χ2v) is 6.20. The van der Waals surface area contributed by atoms with Crippen molar-refractivity contribution in [3.05, 3.63) is 0 Å². The number of rotatable bonds is 3. The number of hydrogen-bond acceptors (Lipinski definition) is 4. The summed E-state index contributed by atoms with van der Waals surface area (Å²) in [5, 5.41) is 9.57. The Hall–Kier alpha value is -0.810. The minimum absolute atomic E-state index is 0.0729. The van der Waals surface area contributed by atoms with Crippen molar-refractivity contribution in [2.45, 2.75) is 45.6 Å². The Morgan fingerprint density at radius 3 is 2.67 bits per heavy atom. The molecule has 0 aromatic rings. The number of nitrogens with two attached hydrogens (primary N) is 1. The molecule has 1 aliphatic heterocycles. The van der Waals surface area contributed by atoms with Crippen LogP contribution in [-0.2, 0) is 4.74 Å². The third-order valence-electron chi connectivity index (χ3n) is 3.32. The molecule has 1 unspecified atom stereocenters. The summed E-state index contributed by atoms with van der Waals surface area (Å²) < 4.78 is 5.37. The van der Waals surface area contributed by atoms with Crippen LogP contribution in [0.2, 0.25) is 0 Å². The van der Waals surface area contributed by atoms with E-state index in [1.807, 2.05) is 20.8 Å². The maximum atomic E-state index is 12.0. The molecule has 1 saturated heterocycles. The summed E-state index contributed by atoms with van der Waals surface area (Å²) in [6.45, 7) is 7.40. The molecular formula is C13H26N2O3. The lowest BCUT2D eigenvalue weighted by atomic mass is 9.78. The molecule has 1 aliphatic rings. The van der Waals surface area contributed by atoms with Gasteiger partial charge in [-0.3, -0.25) is 0 Å². The Morgan fingerprint density at radius 2 is 2.17 bits per heavy atom. The average Bonchev–Trinajstić information content (AvgIpc) is 2.27. The summed E-state index contributed by atoms with van der Waals surface area (Å²) in [5.41, 5.74) is 4.87. The lowest BCUT2D eigenvalue weighted by Gasteiger charge is -2.41. The molecule has 1 fully saturated rings. The van der Waals surface area contributed by atoms with Crippen molar-refractivity contribution in [3.8, 4) is 0 Å². The van der Waals surface area contributed by atoms with Crippen molar-refractivity contribution < 1.29 is 14.6 Å². The lowest BCUT2D eigenvalue weighted by molar-refractivity contribution is -0.0103. The first-order valence-electron chi connectivity index (χ1n) is 6.61. The summed E-state index contributed by atoms with van der Waals surface area (Å²) in [7, 11) is 0. The van der Waals surface area contributed by atoms with Crippen molar-refractivity contribution in [3.63, 3.8) is 0 Å². The molecule has 0 aromatic carbocycles. The summed E-state index contributed by atoms with van der Waals surface area (Å²) >= 11 is 0. The van der Waals surface area contributed by atoms with Gasteiger partial charge in [0.1, 0.15) is 5.60 Å². The monoisotopic (exact) mass is 258 g/mol. The van der Waals surface area contributed by atoms with Crippen LogP contribution in [0.25, 0.3) is 0 Å². The van der Waals surface area contributed by atoms with E-state index in [9.17, 15) is 9.90 Å². The van der Waals surface area contributed by atoms with Gasteiger partial charge in [-0.1, -0.05) is 0 Å². The topological polar surface area (TPSA) is 75.8 Å². The number of aliphatic hydroxyl groups excluding tert-OH is 1. The minimum atomic E-state index is -0.482. The average molecular weight is 258 g/mol. The van der Waals surface area contributed by atoms with Crippen molar-refractivity contribution in [2.75, 3.05) is 26.2 Å². The fraction of sp³-hybridized carbons (Fsp3) is 0.923. The Kier molecular flexibility index (Phi) is 4.99. The van der Waals surface area contributed by atoms with Gasteiger partial charge in [-0.2, -0.15) is 0 Å². The van der Waals surface area contributed by atoms with Gasteiger partial charge in [0.2, 0.25) is 0 Å². The molecule has 0 saturated carbocycles. The van der Waals surface area contributed by atoms with Crippen LogP contribution in [0.1, 0.15) is 40.0 Å². The Bertz CT molecular complexity index is 284. The van der Waals surface area contributed by atoms with E-state index in [-0.39, 0.29) is 18.1 Å². The van der Waals surface area contributed by atoms with Crippen molar-refractivity contribution in [1.29, 1.82) is 0 Å². The zero-order valence-electron chi connectivity index (χ0n) is 11.7. The third kappa shape index (κ3) is 4.14. The SMILES string of the molecule is CC(C)(C)OC(=O)N1CCCC(CO)(CCN)C1. The molecule has 5 heteroatoms. The molecule has 1 atom stereocenters. The molecule has 0 aliphatic carbocycles. The molecule has 1 amide bonds. The number of carbonyl (C=O) groups excluding carboxylic acids is 1. The van der Waals surface area contributed by atoms with E-state index >= 15 is 0 Å². The molecule has 0 aromatic heterocycles. The maximum absolute atomic E-state index is 12.0. The fourth-order valence-corrected chi connectivity index (χ4v) is 2.41. The van der Waals surface area contributed by atoms with E-state index in [1.165, 1.54) is 0 Å². The number of likely N-dealkylation sites (tertiary alicyclic amines) is 1. The van der Waals surface area contributed by atoms with Gasteiger partial charge in [-0.15, -0.1) is 0 Å². The van der Waals surface area contributed by atoms with Crippen LogP contribution in [0.4, 0.5) is 4.79 Å². The second-order valence-electron chi connectivity index (χ2n) is 6.20. The number of aliphatic hydroxyl groups is 1. The summed E-state index contributed by atoms with van der Waals surface area (Å²) in [4.78, 5) is 13.7. The van der Waals surface area contributed by atoms with Crippen LogP contribution in [0.5, 0.6) is 0 Å². The van der Waals surface area contributed by atoms with E-state index in [0.717, 1.165) is 19.3 Å². The molecule has 1 rings (SSSR count). The van der Waals surface area contributed by atoms with Crippen molar-refractivity contribution in [1.82, 2.24) is 4.90 Å². The van der Waals surface area contributed by atoms with Crippen LogP contribution in [-0.4, -0.2) is 47.9 Å². The molecule has 0 radical (unpaired) electrons. The molecule has 18 heavy (non-hydrogen) atoms. The first-order chi connectivity index (χ1) is 8.32. The molecule has 0 spiro atoms. The molecule has 0 bridgehead atoms. The first kappa shape index (κ1) is 15.2. The number of nitrogens with zero attached hydrogens (tertiary/aromatic N) is 1. The van der Waals surface area contributed by atoms with Crippen LogP contribution >= 0.6 is 0 Å². The van der Waals surface area contributed by atoms with Gasteiger partial charge in [-0.05, 0) is 46.6 Å². The van der Waals surface area contributed by atoms with Gasteiger partial charge in [-0.25, -0.2) is 4.79 Å². The quantitative estimate of drug-likeness (QED) is 0.801. The van der Waals surface area contributed by atoms with Crippen molar-refractivity contribution >= 4 is 6.09 Å². The molecular weight excluding hydrogens is 232 g/mol. The lowest BCUT2D eigenvalue weighted by Crippen LogP contribution is -2.49. The number of ether oxygens (including phenoxy) is 1. The standard InChI is InChI=1S/C13H26N2O3/c1-12(2,3)18-11(17)15-8-4-5-13(9-15,10-16)6-7-14/h16H,4-10,14H2,1-3H3. The number of amides is 1. The van der Waals surface area contributed by atoms with E-state index in [4.69, 9.17) is 10.5 Å². The zero-order chi connectivity index (χ0) is 13.8. The number of carbonyl (C=O) groups is 1. The number of hydrogen-bond donors (Lipinski definition) is 2. The van der Waals surface area contributed by atoms with Crippen LogP contribution < -0.4 is 5.73 Å². The van der Waals surface area contributed by atoms with Crippen LogP contribution in [0.15, 0.2) is 0 Å². The molecule has 3 N–H and O–H groups in total. The summed E-state index contributed by atoms with van der Waals surface area (Å²) in [6, 6.07) is 0. The molecule has 5 nitrogen and oxygen atoms in total. The first-order valence-corrected chi connectivity index (χ1v) is 6.61. The Morgan fingerprint density at radius 1 is 1.50 bits per heavy atom. The Balaban J connectivity index is 2.65. The second kappa shape index (κ2) is 5.89. The smallest absolute Gasteiger partial charge is 0.410 e. The van der Waals surface area contributed by atoms with Gasteiger partial charge in [0.05, 0.1) is 6.61 Å². The van der Waals surface area contributed by atoms with Gasteiger partial charge in [0.25, 0.3) is 0 Å². The van der Waals surface area contributed by atoms with Gasteiger partial charge in [0.15, 0.2) is 0 Å². The highest BCUT2D eigenvalue weighted by Crippen LogP contribution is 2.33. The van der Waals surface area contributed by atoms with E-state index in [0.29, 0.717) is 19.6 Å². The largest absolute Gasteiger partial charge is 0.444 e. The van der Waals surface area contributed by atoms with E-state index < -0.39 is 5.60 Å². The van der Waals surface area contributed by atoms with Gasteiger partial charge >= 0.3 is 6.09 Å². The number of piperidine rings is 1. The highest BCUT2D eigenvalue weighted by Gasteiger charge is 2.37. The fourth-order valence-electron chi connectivity index (χ4n) is 2.41. The Labute approximate surface area is 109 Å². The zero-order valence-corrected chi connectivity index (χ0v) is 11.7. The predicted molar refractivity (Wildman–Crippen MR) is 70.2 cm³/mol. The summed E-state index contributed by atoms with van der Waals surface area (Å²) in [5.74, 6) is 0. The van der Waals surface area contributed by atoms with Gasteiger partial charge in [0, 0.05) is 18.5 Å². The maximum Gasteiger partial charge on any atom is 0.410 e. The van der Waals surface area contributed by atoms with E-state index in [2.05, 4.69) is 0 Å². The predicted octanol–water partition coefficient (Wildman–Crippen LogP) is 1.34. The normalized spacial score (nSPS) is 25.1. The summed E-state index contributed by atoms with van der Waals surface area (Å²) in [6.07, 6.45) is 2.25. The van der Waals surface area contributed by atoms with Crippen LogP contribution in [0, 0.1) is 5.41 Å². The molecule has 1 heterocycles. The van der Waals surface area contributed by atoms with E-state index in [1.54, 1.807) is 4.90 Å². The van der Waals surface area contributed by atoms with Crippen LogP contribution in [0.3, 0.4) is 0 Å². The minimum Gasteiger partial charge on any atom is -0.444 e. The van der Waals surface area contributed by atoms with Gasteiger partial charge < -0.3 is 20.5 Å².